The molecule has 102 valence electrons. The smallest absolute Gasteiger partial charge is 0.119 e. The number of benzene rings is 1. The van der Waals surface area contributed by atoms with Gasteiger partial charge in [-0.1, -0.05) is 12.1 Å². The van der Waals surface area contributed by atoms with E-state index in [1.807, 2.05) is 41.9 Å². The Balaban J connectivity index is 2.43. The van der Waals surface area contributed by atoms with Crippen molar-refractivity contribution in [3.63, 3.8) is 0 Å². The SMILES string of the molecule is CCn1nc(C)cc1C(NN)c1cccc(OC)c1. The van der Waals surface area contributed by atoms with Crippen LogP contribution in [0.2, 0.25) is 0 Å². The second-order valence-corrected chi connectivity index (χ2v) is 4.40. The summed E-state index contributed by atoms with van der Waals surface area (Å²) < 4.78 is 7.21. The zero-order valence-electron chi connectivity index (χ0n) is 11.6. The lowest BCUT2D eigenvalue weighted by Gasteiger charge is -2.18. The normalized spacial score (nSPS) is 12.4. The van der Waals surface area contributed by atoms with Crippen LogP contribution < -0.4 is 16.0 Å². The van der Waals surface area contributed by atoms with Crippen molar-refractivity contribution in [2.75, 3.05) is 7.11 Å². The number of hydrogen-bond donors (Lipinski definition) is 2. The second-order valence-electron chi connectivity index (χ2n) is 4.40. The highest BCUT2D eigenvalue weighted by molar-refractivity contribution is 5.35. The molecular weight excluding hydrogens is 240 g/mol. The largest absolute Gasteiger partial charge is 0.497 e. The fourth-order valence-corrected chi connectivity index (χ4v) is 2.22. The first kappa shape index (κ1) is 13.6. The molecule has 2 rings (SSSR count). The summed E-state index contributed by atoms with van der Waals surface area (Å²) in [5, 5.41) is 4.46. The molecule has 1 heterocycles. The maximum atomic E-state index is 5.73. The molecule has 0 fully saturated rings. The van der Waals surface area contributed by atoms with E-state index in [1.165, 1.54) is 0 Å². The van der Waals surface area contributed by atoms with Crippen LogP contribution in [0.25, 0.3) is 0 Å². The standard InChI is InChI=1S/C14H20N4O/c1-4-18-13(8-10(2)17-18)14(16-15)11-6-5-7-12(9-11)19-3/h5-9,14,16H,4,15H2,1-3H3. The summed E-state index contributed by atoms with van der Waals surface area (Å²) in [4.78, 5) is 0. The Labute approximate surface area is 113 Å². The highest BCUT2D eigenvalue weighted by Crippen LogP contribution is 2.25. The number of rotatable bonds is 5. The number of nitrogens with one attached hydrogen (secondary N) is 1. The number of nitrogens with two attached hydrogens (primary N) is 1. The summed E-state index contributed by atoms with van der Waals surface area (Å²) in [6.45, 7) is 4.86. The van der Waals surface area contributed by atoms with Gasteiger partial charge in [0.2, 0.25) is 0 Å². The van der Waals surface area contributed by atoms with Gasteiger partial charge in [0.1, 0.15) is 5.75 Å². The third-order valence-corrected chi connectivity index (χ3v) is 3.12. The predicted octanol–water partition coefficient (Wildman–Crippen LogP) is 1.77. The van der Waals surface area contributed by atoms with Gasteiger partial charge in [-0.2, -0.15) is 5.10 Å². The average molecular weight is 260 g/mol. The average Bonchev–Trinajstić information content (AvgIpc) is 2.81. The zero-order valence-corrected chi connectivity index (χ0v) is 11.6. The summed E-state index contributed by atoms with van der Waals surface area (Å²) in [5.41, 5.74) is 5.95. The lowest BCUT2D eigenvalue weighted by molar-refractivity contribution is 0.413. The maximum Gasteiger partial charge on any atom is 0.119 e. The monoisotopic (exact) mass is 260 g/mol. The topological polar surface area (TPSA) is 65.1 Å². The quantitative estimate of drug-likeness (QED) is 0.635. The molecule has 3 N–H and O–H groups in total. The summed E-state index contributed by atoms with van der Waals surface area (Å²) in [7, 11) is 1.66. The van der Waals surface area contributed by atoms with Crippen molar-refractivity contribution in [3.05, 3.63) is 47.3 Å². The van der Waals surface area contributed by atoms with Gasteiger partial charge in [-0.25, -0.2) is 5.43 Å². The Bertz CT molecular complexity index is 550. The van der Waals surface area contributed by atoms with Crippen LogP contribution in [0.5, 0.6) is 5.75 Å². The molecule has 19 heavy (non-hydrogen) atoms. The van der Waals surface area contributed by atoms with Crippen LogP contribution in [-0.4, -0.2) is 16.9 Å². The molecular formula is C14H20N4O. The van der Waals surface area contributed by atoms with E-state index in [1.54, 1.807) is 7.11 Å². The van der Waals surface area contributed by atoms with Crippen molar-refractivity contribution >= 4 is 0 Å². The van der Waals surface area contributed by atoms with E-state index in [0.29, 0.717) is 0 Å². The molecule has 0 saturated carbocycles. The summed E-state index contributed by atoms with van der Waals surface area (Å²) in [6.07, 6.45) is 0. The van der Waals surface area contributed by atoms with E-state index in [0.717, 1.165) is 29.2 Å². The maximum absolute atomic E-state index is 5.73. The fourth-order valence-electron chi connectivity index (χ4n) is 2.22. The Morgan fingerprint density at radius 2 is 2.21 bits per heavy atom. The number of ether oxygens (including phenoxy) is 1. The first-order chi connectivity index (χ1) is 9.19. The van der Waals surface area contributed by atoms with Crippen molar-refractivity contribution in [2.45, 2.75) is 26.4 Å². The number of aromatic nitrogens is 2. The highest BCUT2D eigenvalue weighted by atomic mass is 16.5. The minimum Gasteiger partial charge on any atom is -0.497 e. The van der Waals surface area contributed by atoms with Gasteiger partial charge in [-0.15, -0.1) is 0 Å². The Morgan fingerprint density at radius 3 is 2.84 bits per heavy atom. The van der Waals surface area contributed by atoms with E-state index < -0.39 is 0 Å². The van der Waals surface area contributed by atoms with Crippen LogP contribution in [0.1, 0.15) is 29.9 Å². The third kappa shape index (κ3) is 2.77. The number of nitrogens with zero attached hydrogens (tertiary/aromatic N) is 2. The Hall–Kier alpha value is -1.85. The van der Waals surface area contributed by atoms with E-state index in [9.17, 15) is 0 Å². The minimum absolute atomic E-state index is 0.101. The highest BCUT2D eigenvalue weighted by Gasteiger charge is 2.18. The number of aryl methyl sites for hydroxylation is 2. The molecule has 0 radical (unpaired) electrons. The second kappa shape index (κ2) is 5.86. The van der Waals surface area contributed by atoms with Gasteiger partial charge in [0.15, 0.2) is 0 Å². The van der Waals surface area contributed by atoms with E-state index in [-0.39, 0.29) is 6.04 Å². The molecule has 1 unspecified atom stereocenters. The molecule has 0 amide bonds. The van der Waals surface area contributed by atoms with Crippen LogP contribution in [0.3, 0.4) is 0 Å². The van der Waals surface area contributed by atoms with Crippen molar-refractivity contribution in [1.29, 1.82) is 0 Å². The van der Waals surface area contributed by atoms with E-state index >= 15 is 0 Å². The van der Waals surface area contributed by atoms with Gasteiger partial charge in [0, 0.05) is 6.54 Å². The summed E-state index contributed by atoms with van der Waals surface area (Å²) in [6, 6.07) is 9.82. The summed E-state index contributed by atoms with van der Waals surface area (Å²) >= 11 is 0. The van der Waals surface area contributed by atoms with E-state index in [2.05, 4.69) is 17.4 Å². The van der Waals surface area contributed by atoms with Gasteiger partial charge in [-0.3, -0.25) is 10.5 Å². The molecule has 0 bridgehead atoms. The van der Waals surface area contributed by atoms with E-state index in [4.69, 9.17) is 10.6 Å². The minimum atomic E-state index is -0.101. The number of hydrogen-bond acceptors (Lipinski definition) is 4. The molecule has 0 aliphatic heterocycles. The lowest BCUT2D eigenvalue weighted by atomic mass is 10.0. The van der Waals surface area contributed by atoms with Crippen LogP contribution >= 0.6 is 0 Å². The summed E-state index contributed by atoms with van der Waals surface area (Å²) in [5.74, 6) is 6.55. The van der Waals surface area contributed by atoms with Gasteiger partial charge < -0.3 is 4.74 Å². The van der Waals surface area contributed by atoms with Crippen LogP contribution in [0, 0.1) is 6.92 Å². The predicted molar refractivity (Wildman–Crippen MR) is 74.8 cm³/mol. The molecule has 1 aromatic heterocycles. The molecule has 0 saturated heterocycles. The third-order valence-electron chi connectivity index (χ3n) is 3.12. The van der Waals surface area contributed by atoms with Gasteiger partial charge in [-0.05, 0) is 37.6 Å². The molecule has 5 nitrogen and oxygen atoms in total. The number of methoxy groups -OCH3 is 1. The molecule has 1 atom stereocenters. The van der Waals surface area contributed by atoms with Crippen molar-refractivity contribution < 1.29 is 4.74 Å². The zero-order chi connectivity index (χ0) is 13.8. The fraction of sp³-hybridized carbons (Fsp3) is 0.357. The van der Waals surface area contributed by atoms with Crippen molar-refractivity contribution in [2.24, 2.45) is 5.84 Å². The molecule has 5 heteroatoms. The Kier molecular flexibility index (Phi) is 4.19. The Morgan fingerprint density at radius 1 is 1.42 bits per heavy atom. The molecule has 0 spiro atoms. The first-order valence-corrected chi connectivity index (χ1v) is 6.34. The number of hydrazine groups is 1. The van der Waals surface area contributed by atoms with Gasteiger partial charge in [0.05, 0.1) is 24.5 Å². The van der Waals surface area contributed by atoms with Gasteiger partial charge in [0.25, 0.3) is 0 Å². The molecule has 1 aromatic carbocycles. The molecule has 0 aliphatic rings. The van der Waals surface area contributed by atoms with Crippen LogP contribution in [-0.2, 0) is 6.54 Å². The van der Waals surface area contributed by atoms with Gasteiger partial charge >= 0.3 is 0 Å². The van der Waals surface area contributed by atoms with Crippen molar-refractivity contribution in [3.8, 4) is 5.75 Å². The van der Waals surface area contributed by atoms with Crippen LogP contribution in [0.15, 0.2) is 30.3 Å². The first-order valence-electron chi connectivity index (χ1n) is 6.34. The molecule has 0 aliphatic carbocycles. The lowest BCUT2D eigenvalue weighted by Crippen LogP contribution is -2.30. The molecule has 2 aromatic rings. The van der Waals surface area contributed by atoms with Crippen LogP contribution in [0.4, 0.5) is 0 Å². The van der Waals surface area contributed by atoms with Crippen molar-refractivity contribution in [1.82, 2.24) is 15.2 Å².